The second kappa shape index (κ2) is 4.14. The molecule has 0 saturated carbocycles. The largest absolute Gasteiger partial charge is 0.286 e. The van der Waals surface area contributed by atoms with Crippen LogP contribution < -0.4 is 5.43 Å². The summed E-state index contributed by atoms with van der Waals surface area (Å²) in [4.78, 5) is 12.0. The van der Waals surface area contributed by atoms with Crippen molar-refractivity contribution in [1.82, 2.24) is 20.2 Å². The van der Waals surface area contributed by atoms with Gasteiger partial charge in [-0.1, -0.05) is 27.7 Å². The lowest BCUT2D eigenvalue weighted by Gasteiger charge is -2.34. The maximum Gasteiger partial charge on any atom is 0.286 e. The highest BCUT2D eigenvalue weighted by Gasteiger charge is 2.32. The van der Waals surface area contributed by atoms with Gasteiger partial charge in [-0.05, 0) is 17.9 Å². The molecule has 1 unspecified atom stereocenters. The maximum absolute atomic E-state index is 12.0. The van der Waals surface area contributed by atoms with Crippen molar-refractivity contribution in [3.05, 3.63) is 17.5 Å². The molecule has 0 bridgehead atoms. The van der Waals surface area contributed by atoms with Gasteiger partial charge in [0.2, 0.25) is 0 Å². The van der Waals surface area contributed by atoms with Crippen LogP contribution in [0, 0.1) is 5.92 Å². The standard InChI is InChI=1S/C12H20N4O/c1-7(2)9-6-10-12(17)15(5)14-11(8(3)4)16(10)13-9/h6-8,11,14H,1-5H3. The molecule has 1 atom stereocenters. The Morgan fingerprint density at radius 1 is 1.35 bits per heavy atom. The Morgan fingerprint density at radius 3 is 2.53 bits per heavy atom. The third kappa shape index (κ3) is 1.95. The van der Waals surface area contributed by atoms with E-state index in [0.29, 0.717) is 17.5 Å². The fourth-order valence-electron chi connectivity index (χ4n) is 1.98. The number of rotatable bonds is 2. The second-order valence-corrected chi connectivity index (χ2v) is 5.24. The molecule has 94 valence electrons. The van der Waals surface area contributed by atoms with E-state index in [1.165, 1.54) is 0 Å². The van der Waals surface area contributed by atoms with Gasteiger partial charge in [0.15, 0.2) is 0 Å². The fraction of sp³-hybridized carbons (Fsp3) is 0.667. The summed E-state index contributed by atoms with van der Waals surface area (Å²) < 4.78 is 1.82. The number of aromatic nitrogens is 2. The summed E-state index contributed by atoms with van der Waals surface area (Å²) in [6.07, 6.45) is 0.0419. The van der Waals surface area contributed by atoms with Gasteiger partial charge in [-0.15, -0.1) is 0 Å². The summed E-state index contributed by atoms with van der Waals surface area (Å²) >= 11 is 0. The van der Waals surface area contributed by atoms with E-state index in [4.69, 9.17) is 0 Å². The maximum atomic E-state index is 12.0. The van der Waals surface area contributed by atoms with Crippen molar-refractivity contribution in [2.45, 2.75) is 39.8 Å². The Hall–Kier alpha value is -1.36. The van der Waals surface area contributed by atoms with Crippen LogP contribution in [-0.2, 0) is 0 Å². The summed E-state index contributed by atoms with van der Waals surface area (Å²) in [6.45, 7) is 8.39. The molecule has 0 saturated heterocycles. The third-order valence-electron chi connectivity index (χ3n) is 3.09. The predicted molar refractivity (Wildman–Crippen MR) is 65.4 cm³/mol. The Kier molecular flexibility index (Phi) is 2.95. The molecule has 0 radical (unpaired) electrons. The van der Waals surface area contributed by atoms with E-state index < -0.39 is 0 Å². The normalized spacial score (nSPS) is 20.3. The lowest BCUT2D eigenvalue weighted by Crippen LogP contribution is -2.51. The summed E-state index contributed by atoms with van der Waals surface area (Å²) in [7, 11) is 1.75. The molecule has 1 aromatic rings. The second-order valence-electron chi connectivity index (χ2n) is 5.24. The van der Waals surface area contributed by atoms with Crippen LogP contribution in [0.4, 0.5) is 0 Å². The number of carbonyl (C=O) groups excluding carboxylic acids is 1. The number of hydrogen-bond donors (Lipinski definition) is 1. The Morgan fingerprint density at radius 2 is 2.00 bits per heavy atom. The average Bonchev–Trinajstić information content (AvgIpc) is 2.67. The summed E-state index contributed by atoms with van der Waals surface area (Å²) in [5.74, 6) is 0.671. The topological polar surface area (TPSA) is 50.2 Å². The first kappa shape index (κ1) is 12.1. The first-order valence-electron chi connectivity index (χ1n) is 6.05. The smallest absolute Gasteiger partial charge is 0.274 e. The van der Waals surface area contributed by atoms with Gasteiger partial charge >= 0.3 is 0 Å². The first-order valence-corrected chi connectivity index (χ1v) is 6.05. The van der Waals surface area contributed by atoms with Gasteiger partial charge in [0.1, 0.15) is 11.9 Å². The van der Waals surface area contributed by atoms with Crippen molar-refractivity contribution in [3.63, 3.8) is 0 Å². The summed E-state index contributed by atoms with van der Waals surface area (Å²) in [5, 5.41) is 6.09. The zero-order valence-electron chi connectivity index (χ0n) is 11.1. The van der Waals surface area contributed by atoms with Gasteiger partial charge in [0.25, 0.3) is 5.91 Å². The van der Waals surface area contributed by atoms with Gasteiger partial charge in [0, 0.05) is 7.05 Å². The van der Waals surface area contributed by atoms with Crippen LogP contribution >= 0.6 is 0 Å². The number of carbonyl (C=O) groups is 1. The van der Waals surface area contributed by atoms with Crippen LogP contribution in [0.5, 0.6) is 0 Å². The number of nitrogens with one attached hydrogen (secondary N) is 1. The quantitative estimate of drug-likeness (QED) is 0.851. The monoisotopic (exact) mass is 236 g/mol. The van der Waals surface area contributed by atoms with Gasteiger partial charge < -0.3 is 0 Å². The average molecular weight is 236 g/mol. The van der Waals surface area contributed by atoms with E-state index in [9.17, 15) is 4.79 Å². The van der Waals surface area contributed by atoms with Crippen molar-refractivity contribution in [2.24, 2.45) is 5.92 Å². The molecule has 1 aliphatic heterocycles. The molecule has 1 aromatic heterocycles. The van der Waals surface area contributed by atoms with Crippen molar-refractivity contribution in [1.29, 1.82) is 0 Å². The number of nitrogens with zero attached hydrogens (tertiary/aromatic N) is 3. The number of hydrogen-bond acceptors (Lipinski definition) is 3. The highest BCUT2D eigenvalue weighted by atomic mass is 16.2. The zero-order valence-corrected chi connectivity index (χ0v) is 11.1. The zero-order chi connectivity index (χ0) is 12.7. The van der Waals surface area contributed by atoms with Gasteiger partial charge in [-0.2, -0.15) is 5.10 Å². The molecule has 17 heavy (non-hydrogen) atoms. The van der Waals surface area contributed by atoms with E-state index in [-0.39, 0.29) is 12.1 Å². The predicted octanol–water partition coefficient (Wildman–Crippen LogP) is 1.75. The third-order valence-corrected chi connectivity index (χ3v) is 3.09. The molecular weight excluding hydrogens is 216 g/mol. The van der Waals surface area contributed by atoms with Crippen molar-refractivity contribution in [3.8, 4) is 0 Å². The van der Waals surface area contributed by atoms with Crippen LogP contribution in [-0.4, -0.2) is 27.7 Å². The molecule has 5 heteroatoms. The molecule has 1 N–H and O–H groups in total. The van der Waals surface area contributed by atoms with Gasteiger partial charge in [0.05, 0.1) is 5.69 Å². The van der Waals surface area contributed by atoms with Crippen LogP contribution in [0.25, 0.3) is 0 Å². The minimum Gasteiger partial charge on any atom is -0.274 e. The van der Waals surface area contributed by atoms with Gasteiger partial charge in [-0.3, -0.25) is 9.80 Å². The highest BCUT2D eigenvalue weighted by Crippen LogP contribution is 2.25. The van der Waals surface area contributed by atoms with Crippen molar-refractivity contribution >= 4 is 5.91 Å². The molecule has 0 spiro atoms. The summed E-state index contributed by atoms with van der Waals surface area (Å²) in [5.41, 5.74) is 4.80. The lowest BCUT2D eigenvalue weighted by atomic mass is 10.1. The van der Waals surface area contributed by atoms with Crippen LogP contribution in [0.2, 0.25) is 0 Å². The Balaban J connectivity index is 2.49. The minimum absolute atomic E-state index is 0.0266. The van der Waals surface area contributed by atoms with Crippen LogP contribution in [0.1, 0.15) is 56.0 Å². The molecular formula is C12H20N4O. The van der Waals surface area contributed by atoms with Crippen molar-refractivity contribution in [2.75, 3.05) is 7.05 Å². The van der Waals surface area contributed by atoms with E-state index in [0.717, 1.165) is 5.69 Å². The number of fused-ring (bicyclic) bond motifs is 1. The van der Waals surface area contributed by atoms with E-state index in [1.807, 2.05) is 10.7 Å². The van der Waals surface area contributed by atoms with Crippen LogP contribution in [0.3, 0.4) is 0 Å². The van der Waals surface area contributed by atoms with Crippen molar-refractivity contribution < 1.29 is 4.79 Å². The molecule has 5 nitrogen and oxygen atoms in total. The Labute approximate surface area is 102 Å². The fourth-order valence-corrected chi connectivity index (χ4v) is 1.98. The lowest BCUT2D eigenvalue weighted by molar-refractivity contribution is 0.0467. The van der Waals surface area contributed by atoms with Gasteiger partial charge in [-0.25, -0.2) is 10.1 Å². The van der Waals surface area contributed by atoms with E-state index in [1.54, 1.807) is 12.1 Å². The molecule has 0 fully saturated rings. The molecule has 0 aromatic carbocycles. The summed E-state index contributed by atoms with van der Waals surface area (Å²) in [6, 6.07) is 1.90. The highest BCUT2D eigenvalue weighted by molar-refractivity contribution is 5.92. The molecule has 1 amide bonds. The van der Waals surface area contributed by atoms with Crippen LogP contribution in [0.15, 0.2) is 6.07 Å². The molecule has 1 aliphatic rings. The number of amides is 1. The Bertz CT molecular complexity index is 436. The minimum atomic E-state index is -0.0266. The number of hydrazine groups is 1. The SMILES string of the molecule is CC(C)c1cc2n(n1)C(C(C)C)NN(C)C2=O. The molecule has 2 rings (SSSR count). The molecule has 2 heterocycles. The van der Waals surface area contributed by atoms with E-state index in [2.05, 4.69) is 38.2 Å². The van der Waals surface area contributed by atoms with E-state index >= 15 is 0 Å². The first-order chi connectivity index (χ1) is 7.91. The molecule has 0 aliphatic carbocycles.